The van der Waals surface area contributed by atoms with Gasteiger partial charge in [-0.15, -0.1) is 0 Å². The van der Waals surface area contributed by atoms with Gasteiger partial charge in [-0.05, 0) is 76.3 Å². The summed E-state index contributed by atoms with van der Waals surface area (Å²) in [6.45, 7) is 20.8. The average molecular weight is 394 g/mol. The first kappa shape index (κ1) is 22.5. The van der Waals surface area contributed by atoms with Crippen LogP contribution in [0, 0.1) is 10.8 Å². The molecule has 0 spiro atoms. The van der Waals surface area contributed by atoms with Crippen molar-refractivity contribution in [2.75, 3.05) is 39.3 Å². The van der Waals surface area contributed by atoms with Crippen LogP contribution in [0.15, 0.2) is 0 Å². The molecule has 0 aromatic carbocycles. The van der Waals surface area contributed by atoms with Crippen LogP contribution >= 0.6 is 0 Å². The molecule has 4 heteroatoms. The van der Waals surface area contributed by atoms with Gasteiger partial charge in [0, 0.05) is 50.4 Å². The van der Waals surface area contributed by atoms with Crippen LogP contribution in [0.5, 0.6) is 0 Å². The van der Waals surface area contributed by atoms with Gasteiger partial charge in [0.05, 0.1) is 0 Å². The van der Waals surface area contributed by atoms with Gasteiger partial charge < -0.3 is 10.0 Å². The summed E-state index contributed by atoms with van der Waals surface area (Å²) in [7, 11) is 0. The number of likely N-dealkylation sites (tertiary alicyclic amines) is 1. The number of aliphatic hydroxyl groups is 1. The molecular weight excluding hydrogens is 346 g/mol. The minimum Gasteiger partial charge on any atom is -0.396 e. The summed E-state index contributed by atoms with van der Waals surface area (Å²) in [6.07, 6.45) is 7.52. The first-order valence-corrected chi connectivity index (χ1v) is 11.9. The zero-order valence-electron chi connectivity index (χ0n) is 19.6. The monoisotopic (exact) mass is 393 g/mol. The normalized spacial score (nSPS) is 31.5. The maximum atomic E-state index is 9.76. The number of hydrogen-bond donors (Lipinski definition) is 1. The minimum absolute atomic E-state index is 0.321. The molecule has 2 aliphatic heterocycles. The number of hydrogen-bond acceptors (Lipinski definition) is 4. The number of nitrogens with zero attached hydrogens (tertiary/aromatic N) is 3. The third-order valence-corrected chi connectivity index (χ3v) is 7.77. The molecule has 164 valence electrons. The van der Waals surface area contributed by atoms with Gasteiger partial charge in [0.15, 0.2) is 0 Å². The summed E-state index contributed by atoms with van der Waals surface area (Å²) in [5.74, 6) is 0. The Kier molecular flexibility index (Phi) is 7.17. The predicted molar refractivity (Wildman–Crippen MR) is 119 cm³/mol. The van der Waals surface area contributed by atoms with Gasteiger partial charge in [-0.3, -0.25) is 9.80 Å². The van der Waals surface area contributed by atoms with E-state index in [4.69, 9.17) is 0 Å². The molecule has 1 N–H and O–H groups in total. The third kappa shape index (κ3) is 5.50. The maximum Gasteiger partial charge on any atom is 0.0446 e. The second kappa shape index (κ2) is 8.91. The lowest BCUT2D eigenvalue weighted by molar-refractivity contribution is -0.0416. The van der Waals surface area contributed by atoms with Crippen LogP contribution in [0.25, 0.3) is 0 Å². The van der Waals surface area contributed by atoms with Gasteiger partial charge >= 0.3 is 0 Å². The number of aliphatic hydroxyl groups excluding tert-OH is 1. The molecule has 0 bridgehead atoms. The van der Waals surface area contributed by atoms with E-state index in [0.29, 0.717) is 41.6 Å². The molecule has 2 saturated heterocycles. The molecule has 0 aromatic heterocycles. The standard InChI is InChI=1S/C24H47N3O/c1-19(2)25-10-7-20(8-11-25)27-13-12-26(17-21(27)9-14-28)22-15-23(3,4)18-24(5,6)16-22/h19-22,28H,7-18H2,1-6H3/t21-/m1/s1. The molecule has 2 heterocycles. The molecule has 0 amide bonds. The van der Waals surface area contributed by atoms with Crippen LogP contribution in [0.2, 0.25) is 0 Å². The van der Waals surface area contributed by atoms with Crippen LogP contribution in [-0.4, -0.2) is 83.3 Å². The van der Waals surface area contributed by atoms with Crippen LogP contribution in [0.1, 0.15) is 80.1 Å². The maximum absolute atomic E-state index is 9.76. The fourth-order valence-corrected chi connectivity index (χ4v) is 6.89. The van der Waals surface area contributed by atoms with Gasteiger partial charge in [0.1, 0.15) is 0 Å². The zero-order chi connectivity index (χ0) is 20.5. The molecule has 3 aliphatic rings. The highest BCUT2D eigenvalue weighted by molar-refractivity contribution is 4.97. The summed E-state index contributed by atoms with van der Waals surface area (Å²) < 4.78 is 0. The van der Waals surface area contributed by atoms with Crippen molar-refractivity contribution in [1.29, 1.82) is 0 Å². The number of rotatable bonds is 5. The van der Waals surface area contributed by atoms with E-state index in [1.807, 2.05) is 0 Å². The molecule has 0 unspecified atom stereocenters. The van der Waals surface area contributed by atoms with Gasteiger partial charge in [0.25, 0.3) is 0 Å². The van der Waals surface area contributed by atoms with Crippen molar-refractivity contribution < 1.29 is 5.11 Å². The SMILES string of the molecule is CC(C)N1CCC(N2CCN(C3CC(C)(C)CC(C)(C)C3)C[C@H]2CCO)CC1. The highest BCUT2D eigenvalue weighted by Gasteiger charge is 2.43. The van der Waals surface area contributed by atoms with Crippen molar-refractivity contribution >= 4 is 0 Å². The largest absolute Gasteiger partial charge is 0.396 e. The number of piperazine rings is 1. The molecule has 1 atom stereocenters. The quantitative estimate of drug-likeness (QED) is 0.769. The van der Waals surface area contributed by atoms with Crippen LogP contribution in [0.3, 0.4) is 0 Å². The van der Waals surface area contributed by atoms with Crippen molar-refractivity contribution in [2.24, 2.45) is 10.8 Å². The predicted octanol–water partition coefficient (Wildman–Crippen LogP) is 3.83. The smallest absolute Gasteiger partial charge is 0.0446 e. The van der Waals surface area contributed by atoms with Gasteiger partial charge in [-0.1, -0.05) is 27.7 Å². The Bertz CT molecular complexity index is 480. The Hall–Kier alpha value is -0.160. The average Bonchev–Trinajstić information content (AvgIpc) is 2.59. The lowest BCUT2D eigenvalue weighted by Crippen LogP contribution is -2.61. The van der Waals surface area contributed by atoms with Crippen LogP contribution in [0.4, 0.5) is 0 Å². The van der Waals surface area contributed by atoms with E-state index >= 15 is 0 Å². The van der Waals surface area contributed by atoms with Crippen LogP contribution < -0.4 is 0 Å². The van der Waals surface area contributed by atoms with Crippen molar-refractivity contribution in [3.63, 3.8) is 0 Å². The van der Waals surface area contributed by atoms with Crippen molar-refractivity contribution in [2.45, 2.75) is 104 Å². The topological polar surface area (TPSA) is 30.0 Å². The molecule has 3 rings (SSSR count). The Balaban J connectivity index is 1.63. The van der Waals surface area contributed by atoms with E-state index in [2.05, 4.69) is 56.2 Å². The van der Waals surface area contributed by atoms with E-state index in [-0.39, 0.29) is 0 Å². The van der Waals surface area contributed by atoms with Gasteiger partial charge in [-0.25, -0.2) is 0 Å². The van der Waals surface area contributed by atoms with E-state index in [1.165, 1.54) is 58.3 Å². The lowest BCUT2D eigenvalue weighted by atomic mass is 9.63. The van der Waals surface area contributed by atoms with Gasteiger partial charge in [-0.2, -0.15) is 0 Å². The summed E-state index contributed by atoms with van der Waals surface area (Å²) in [6, 6.07) is 2.63. The molecule has 0 radical (unpaired) electrons. The fraction of sp³-hybridized carbons (Fsp3) is 1.00. The van der Waals surface area contributed by atoms with Crippen LogP contribution in [-0.2, 0) is 0 Å². The van der Waals surface area contributed by atoms with Gasteiger partial charge in [0.2, 0.25) is 0 Å². The first-order chi connectivity index (χ1) is 13.1. The van der Waals surface area contributed by atoms with E-state index in [9.17, 15) is 5.11 Å². The highest BCUT2D eigenvalue weighted by Crippen LogP contribution is 2.47. The Morgan fingerprint density at radius 1 is 0.893 bits per heavy atom. The second-order valence-corrected chi connectivity index (χ2v) is 11.8. The number of piperidine rings is 1. The molecule has 28 heavy (non-hydrogen) atoms. The lowest BCUT2D eigenvalue weighted by Gasteiger charge is -2.53. The summed E-state index contributed by atoms with van der Waals surface area (Å²) in [4.78, 5) is 8.20. The third-order valence-electron chi connectivity index (χ3n) is 7.77. The minimum atomic E-state index is 0.321. The molecular formula is C24H47N3O. The molecule has 4 nitrogen and oxygen atoms in total. The van der Waals surface area contributed by atoms with Crippen molar-refractivity contribution in [3.05, 3.63) is 0 Å². The van der Waals surface area contributed by atoms with Crippen molar-refractivity contribution in [3.8, 4) is 0 Å². The van der Waals surface area contributed by atoms with E-state index in [1.54, 1.807) is 0 Å². The zero-order valence-corrected chi connectivity index (χ0v) is 19.6. The first-order valence-electron chi connectivity index (χ1n) is 11.9. The summed E-state index contributed by atoms with van der Waals surface area (Å²) >= 11 is 0. The molecule has 1 aliphatic carbocycles. The summed E-state index contributed by atoms with van der Waals surface area (Å²) in [5.41, 5.74) is 0.888. The van der Waals surface area contributed by atoms with E-state index < -0.39 is 0 Å². The summed E-state index contributed by atoms with van der Waals surface area (Å²) in [5, 5.41) is 9.76. The highest BCUT2D eigenvalue weighted by atomic mass is 16.3. The molecule has 0 aromatic rings. The Morgan fingerprint density at radius 2 is 1.50 bits per heavy atom. The fourth-order valence-electron chi connectivity index (χ4n) is 6.89. The Labute approximate surface area is 174 Å². The Morgan fingerprint density at radius 3 is 2.04 bits per heavy atom. The van der Waals surface area contributed by atoms with Crippen molar-refractivity contribution in [1.82, 2.24) is 14.7 Å². The molecule has 1 saturated carbocycles. The van der Waals surface area contributed by atoms with E-state index in [0.717, 1.165) is 13.0 Å². The molecule has 3 fully saturated rings. The second-order valence-electron chi connectivity index (χ2n) is 11.8.